The topological polar surface area (TPSA) is 65.3 Å². The van der Waals surface area contributed by atoms with Crippen LogP contribution < -0.4 is 5.32 Å². The van der Waals surface area contributed by atoms with Gasteiger partial charge in [-0.15, -0.1) is 4.99 Å². The molecule has 0 atom stereocenters. The summed E-state index contributed by atoms with van der Waals surface area (Å²) in [6.07, 6.45) is 0. The monoisotopic (exact) mass is 161 g/mol. The fourth-order valence-corrected chi connectivity index (χ4v) is 0.724. The van der Waals surface area contributed by atoms with Crippen molar-refractivity contribution >= 4 is 17.7 Å². The predicted molar refractivity (Wildman–Crippen MR) is 45.6 cm³/mol. The third-order valence-corrected chi connectivity index (χ3v) is 1.18. The number of hydrogen-bond acceptors (Lipinski definition) is 2. The maximum atomic E-state index is 10.8. The van der Waals surface area contributed by atoms with E-state index in [2.05, 4.69) is 10.3 Å². The molecule has 1 aromatic carbocycles. The highest BCUT2D eigenvalue weighted by Gasteiger charge is 1.95. The number of carbonyl (C=O) groups excluding carboxylic acids is 1. The van der Waals surface area contributed by atoms with E-state index in [9.17, 15) is 4.79 Å². The van der Waals surface area contributed by atoms with Gasteiger partial charge in [-0.25, -0.2) is 10.2 Å². The molecule has 0 heterocycles. The molecule has 4 nitrogen and oxygen atoms in total. The number of aliphatic imine (C=N–C) groups is 1. The van der Waals surface area contributed by atoms with Gasteiger partial charge in [-0.3, -0.25) is 0 Å². The molecule has 0 saturated carbocycles. The van der Waals surface area contributed by atoms with E-state index in [1.54, 1.807) is 30.3 Å². The van der Waals surface area contributed by atoms with Gasteiger partial charge in [0.1, 0.15) is 0 Å². The largest absolute Gasteiger partial charge is 0.354 e. The summed E-state index contributed by atoms with van der Waals surface area (Å²) in [6, 6.07) is 9.96. The molecule has 0 spiro atoms. The summed E-state index contributed by atoms with van der Waals surface area (Å²) in [5.74, 6) is 0. The van der Waals surface area contributed by atoms with Crippen LogP contribution in [0.2, 0.25) is 0 Å². The van der Waals surface area contributed by atoms with E-state index in [1.165, 1.54) is 0 Å². The number of carbonyl (C=O) groups is 1. The second-order valence-electron chi connectivity index (χ2n) is 2.02. The van der Waals surface area contributed by atoms with Crippen molar-refractivity contribution in [2.24, 2.45) is 4.99 Å². The van der Waals surface area contributed by atoms with E-state index in [-0.39, 0.29) is 0 Å². The number of nitrogens with zero attached hydrogens (tertiary/aromatic N) is 1. The van der Waals surface area contributed by atoms with Crippen molar-refractivity contribution in [1.82, 2.24) is 0 Å². The Labute approximate surface area is 69.5 Å². The molecule has 0 aliphatic rings. The Morgan fingerprint density at radius 1 is 1.42 bits per heavy atom. The minimum atomic E-state index is -0.587. The quantitative estimate of drug-likeness (QED) is 0.607. The number of anilines is 1. The number of benzene rings is 1. The van der Waals surface area contributed by atoms with Gasteiger partial charge in [0.15, 0.2) is 0 Å². The zero-order valence-electron chi connectivity index (χ0n) is 6.24. The van der Waals surface area contributed by atoms with Crippen LogP contribution in [0.25, 0.3) is 0 Å². The Hall–Kier alpha value is -1.93. The van der Waals surface area contributed by atoms with Gasteiger partial charge in [-0.2, -0.15) is 0 Å². The lowest BCUT2D eigenvalue weighted by Crippen LogP contribution is -2.04. The van der Waals surface area contributed by atoms with Gasteiger partial charge in [0, 0.05) is 5.69 Å². The minimum absolute atomic E-state index is 0.587. The van der Waals surface area contributed by atoms with Crippen molar-refractivity contribution < 1.29 is 4.79 Å². The number of amides is 2. The lowest BCUT2D eigenvalue weighted by molar-refractivity contribution is 0.259. The van der Waals surface area contributed by atoms with Gasteiger partial charge in [-0.05, 0) is 12.1 Å². The molecule has 2 amide bonds. The molecule has 0 fully saturated rings. The second-order valence-corrected chi connectivity index (χ2v) is 2.02. The molecular weight excluding hydrogens is 154 g/mol. The summed E-state index contributed by atoms with van der Waals surface area (Å²) >= 11 is 0. The molecule has 0 aliphatic heterocycles. The van der Waals surface area contributed by atoms with E-state index in [4.69, 9.17) is 5.41 Å². The molecule has 0 unspecified atom stereocenters. The first kappa shape index (κ1) is 8.17. The van der Waals surface area contributed by atoms with Crippen LogP contribution in [0.3, 0.4) is 0 Å². The minimum Gasteiger partial charge on any atom is -0.305 e. The van der Waals surface area contributed by atoms with Gasteiger partial charge >= 0.3 is 6.03 Å². The van der Waals surface area contributed by atoms with Crippen molar-refractivity contribution in [3.63, 3.8) is 0 Å². The molecule has 0 radical (unpaired) electrons. The number of para-hydroxylation sites is 1. The molecule has 0 aliphatic carbocycles. The molecule has 2 N–H and O–H groups in total. The molecular formula is C8H7N3O. The van der Waals surface area contributed by atoms with E-state index in [0.717, 1.165) is 0 Å². The highest BCUT2D eigenvalue weighted by atomic mass is 16.2. The summed E-state index contributed by atoms with van der Waals surface area (Å²) in [7, 11) is 0. The zero-order valence-corrected chi connectivity index (χ0v) is 6.24. The second kappa shape index (κ2) is 4.05. The normalized spacial score (nSPS) is 8.33. The molecule has 12 heavy (non-hydrogen) atoms. The van der Waals surface area contributed by atoms with Crippen LogP contribution in [0.15, 0.2) is 35.3 Å². The summed E-state index contributed by atoms with van der Waals surface area (Å²) < 4.78 is 0. The molecule has 1 aromatic rings. The Kier molecular flexibility index (Phi) is 2.76. The molecule has 1 rings (SSSR count). The Morgan fingerprint density at radius 3 is 2.67 bits per heavy atom. The number of urea groups is 1. The summed E-state index contributed by atoms with van der Waals surface area (Å²) in [5.41, 5.74) is 0.654. The smallest absolute Gasteiger partial charge is 0.305 e. The highest BCUT2D eigenvalue weighted by Crippen LogP contribution is 2.04. The Balaban J connectivity index is 2.64. The first-order chi connectivity index (χ1) is 5.83. The van der Waals surface area contributed by atoms with Crippen LogP contribution in [0, 0.1) is 5.41 Å². The van der Waals surface area contributed by atoms with Crippen LogP contribution >= 0.6 is 0 Å². The third kappa shape index (κ3) is 2.36. The van der Waals surface area contributed by atoms with E-state index < -0.39 is 6.03 Å². The van der Waals surface area contributed by atoms with Crippen molar-refractivity contribution in [3.8, 4) is 0 Å². The first-order valence-corrected chi connectivity index (χ1v) is 3.31. The lowest BCUT2D eigenvalue weighted by Gasteiger charge is -1.97. The van der Waals surface area contributed by atoms with E-state index >= 15 is 0 Å². The number of hydrogen-bond donors (Lipinski definition) is 2. The molecule has 0 saturated heterocycles. The van der Waals surface area contributed by atoms with Crippen molar-refractivity contribution in [3.05, 3.63) is 30.3 Å². The van der Waals surface area contributed by atoms with Crippen LogP contribution in [-0.2, 0) is 0 Å². The van der Waals surface area contributed by atoms with Crippen molar-refractivity contribution in [1.29, 1.82) is 5.41 Å². The summed E-state index contributed by atoms with van der Waals surface area (Å²) in [6.45, 7) is 0. The Bertz CT molecular complexity index is 314. The average molecular weight is 161 g/mol. The van der Waals surface area contributed by atoms with E-state index in [1.807, 2.05) is 6.07 Å². The van der Waals surface area contributed by atoms with Crippen LogP contribution in [-0.4, -0.2) is 12.0 Å². The molecule has 0 aromatic heterocycles. The number of nitrogens with one attached hydrogen (secondary N) is 2. The van der Waals surface area contributed by atoms with Crippen LogP contribution in [0.1, 0.15) is 0 Å². The lowest BCUT2D eigenvalue weighted by atomic mass is 10.3. The first-order valence-electron chi connectivity index (χ1n) is 3.31. The SMILES string of the molecule is N=C=NC(=O)Nc1ccccc1. The standard InChI is InChI=1S/C8H7N3O/c9-6-10-8(12)11-7-4-2-1-3-5-7/h1-5,9H,(H,11,12). The fraction of sp³-hybridized carbons (Fsp3) is 0. The number of rotatable bonds is 1. The molecule has 0 bridgehead atoms. The molecule has 4 heteroatoms. The maximum Gasteiger partial charge on any atom is 0.354 e. The summed E-state index contributed by atoms with van der Waals surface area (Å²) in [4.78, 5) is 13.8. The van der Waals surface area contributed by atoms with Gasteiger partial charge in [-0.1, -0.05) is 18.2 Å². The van der Waals surface area contributed by atoms with E-state index in [0.29, 0.717) is 5.69 Å². The fourth-order valence-electron chi connectivity index (χ4n) is 0.724. The van der Waals surface area contributed by atoms with Crippen molar-refractivity contribution in [2.45, 2.75) is 0 Å². The zero-order chi connectivity index (χ0) is 8.81. The predicted octanol–water partition coefficient (Wildman–Crippen LogP) is 1.97. The third-order valence-electron chi connectivity index (χ3n) is 1.18. The van der Waals surface area contributed by atoms with Crippen LogP contribution in [0.5, 0.6) is 0 Å². The Morgan fingerprint density at radius 2 is 2.08 bits per heavy atom. The van der Waals surface area contributed by atoms with Gasteiger partial charge in [0.2, 0.25) is 0 Å². The summed E-state index contributed by atoms with van der Waals surface area (Å²) in [5, 5.41) is 8.88. The van der Waals surface area contributed by atoms with Gasteiger partial charge in [0.05, 0.1) is 6.01 Å². The highest BCUT2D eigenvalue weighted by molar-refractivity contribution is 5.92. The van der Waals surface area contributed by atoms with Gasteiger partial charge in [0.25, 0.3) is 0 Å². The maximum absolute atomic E-state index is 10.8. The van der Waals surface area contributed by atoms with Crippen LogP contribution in [0.4, 0.5) is 10.5 Å². The van der Waals surface area contributed by atoms with Crippen molar-refractivity contribution in [2.75, 3.05) is 5.32 Å². The average Bonchev–Trinajstić information content (AvgIpc) is 2.06. The van der Waals surface area contributed by atoms with Gasteiger partial charge < -0.3 is 5.32 Å². The molecule has 60 valence electrons.